The number of benzene rings is 1. The predicted octanol–water partition coefficient (Wildman–Crippen LogP) is 1.54. The summed E-state index contributed by atoms with van der Waals surface area (Å²) in [5.74, 6) is -0.109. The number of carbonyl (C=O) groups is 2. The summed E-state index contributed by atoms with van der Waals surface area (Å²) in [6.45, 7) is 1.03. The molecule has 2 amide bonds. The van der Waals surface area contributed by atoms with Gasteiger partial charge in [-0.3, -0.25) is 9.59 Å². The molecule has 2 heterocycles. The highest BCUT2D eigenvalue weighted by Gasteiger charge is 2.29. The molecule has 3 rings (SSSR count). The number of rotatable bonds is 6. The summed E-state index contributed by atoms with van der Waals surface area (Å²) in [6.07, 6.45) is 0. The van der Waals surface area contributed by atoms with Gasteiger partial charge < -0.3 is 21.3 Å². The van der Waals surface area contributed by atoms with E-state index in [0.717, 1.165) is 11.4 Å². The maximum atomic E-state index is 11.6. The van der Waals surface area contributed by atoms with Crippen LogP contribution in [0.15, 0.2) is 24.3 Å². The number of anilines is 2. The summed E-state index contributed by atoms with van der Waals surface area (Å²) in [7, 11) is 0. The Morgan fingerprint density at radius 2 is 1.21 bits per heavy atom. The molecule has 1 aromatic rings. The van der Waals surface area contributed by atoms with Gasteiger partial charge in [0.2, 0.25) is 11.8 Å². The Balaban J connectivity index is 1.47. The van der Waals surface area contributed by atoms with Crippen molar-refractivity contribution in [3.63, 3.8) is 0 Å². The van der Waals surface area contributed by atoms with Crippen LogP contribution in [0.25, 0.3) is 0 Å². The van der Waals surface area contributed by atoms with Crippen LogP contribution in [-0.4, -0.2) is 44.0 Å². The molecule has 0 unspecified atom stereocenters. The van der Waals surface area contributed by atoms with E-state index in [9.17, 15) is 9.59 Å². The smallest absolute Gasteiger partial charge is 0.240 e. The van der Waals surface area contributed by atoms with Crippen LogP contribution >= 0.6 is 48.0 Å². The van der Waals surface area contributed by atoms with Gasteiger partial charge in [-0.25, -0.2) is 0 Å². The van der Waals surface area contributed by atoms with Crippen molar-refractivity contribution in [1.29, 1.82) is 0 Å². The van der Waals surface area contributed by atoms with Gasteiger partial charge in [0.25, 0.3) is 0 Å². The molecule has 126 valence electrons. The van der Waals surface area contributed by atoms with Crippen molar-refractivity contribution in [2.45, 2.75) is 10.5 Å². The molecule has 4 N–H and O–H groups in total. The molecule has 0 aliphatic carbocycles. The fourth-order valence-corrected chi connectivity index (χ4v) is 4.58. The van der Waals surface area contributed by atoms with Crippen LogP contribution in [-0.2, 0) is 9.59 Å². The lowest BCUT2D eigenvalue weighted by atomic mass is 10.2. The van der Waals surface area contributed by atoms with Crippen LogP contribution < -0.4 is 21.3 Å². The van der Waals surface area contributed by atoms with Crippen LogP contribution in [0.2, 0.25) is 0 Å². The molecule has 2 aliphatic heterocycles. The second kappa shape index (κ2) is 7.68. The Hall–Kier alpha value is -1.36. The van der Waals surface area contributed by atoms with Gasteiger partial charge in [-0.2, -0.15) is 0 Å². The van der Waals surface area contributed by atoms with E-state index in [2.05, 4.69) is 21.3 Å². The van der Waals surface area contributed by atoms with E-state index in [1.54, 1.807) is 0 Å². The minimum Gasteiger partial charge on any atom is -0.383 e. The second-order valence-electron chi connectivity index (χ2n) is 5.11. The quantitative estimate of drug-likeness (QED) is 0.538. The van der Waals surface area contributed by atoms with Crippen LogP contribution in [0.5, 0.6) is 0 Å². The maximum absolute atomic E-state index is 11.6. The molecule has 10 heteroatoms. The largest absolute Gasteiger partial charge is 0.383 e. The SMILES string of the molecule is O=C1NC(=S)S[C@@H]1CNc1ccc(NC[C@H]2SC(=S)NC2=O)cc1. The van der Waals surface area contributed by atoms with Crippen molar-refractivity contribution in [1.82, 2.24) is 10.6 Å². The van der Waals surface area contributed by atoms with Gasteiger partial charge in [0.05, 0.1) is 0 Å². The highest BCUT2D eigenvalue weighted by molar-refractivity contribution is 8.24. The zero-order valence-corrected chi connectivity index (χ0v) is 15.6. The van der Waals surface area contributed by atoms with E-state index >= 15 is 0 Å². The normalized spacial score (nSPS) is 23.2. The first-order valence-corrected chi connectivity index (χ1v) is 9.69. The molecule has 0 aromatic heterocycles. The molecule has 1 aromatic carbocycles. The van der Waals surface area contributed by atoms with Crippen molar-refractivity contribution in [3.05, 3.63) is 24.3 Å². The maximum Gasteiger partial charge on any atom is 0.240 e. The third-order valence-electron chi connectivity index (χ3n) is 3.40. The molecule has 2 fully saturated rings. The van der Waals surface area contributed by atoms with Crippen molar-refractivity contribution < 1.29 is 9.59 Å². The van der Waals surface area contributed by atoms with E-state index in [0.29, 0.717) is 21.7 Å². The van der Waals surface area contributed by atoms with E-state index < -0.39 is 0 Å². The van der Waals surface area contributed by atoms with Crippen molar-refractivity contribution in [2.75, 3.05) is 23.7 Å². The summed E-state index contributed by atoms with van der Waals surface area (Å²) in [4.78, 5) is 23.2. The van der Waals surface area contributed by atoms with Crippen LogP contribution in [0, 0.1) is 0 Å². The Morgan fingerprint density at radius 1 is 0.833 bits per heavy atom. The van der Waals surface area contributed by atoms with E-state index in [-0.39, 0.29) is 22.3 Å². The van der Waals surface area contributed by atoms with Gasteiger partial charge >= 0.3 is 0 Å². The van der Waals surface area contributed by atoms with Gasteiger partial charge in [-0.1, -0.05) is 48.0 Å². The molecule has 0 spiro atoms. The van der Waals surface area contributed by atoms with E-state index in [1.807, 2.05) is 24.3 Å². The van der Waals surface area contributed by atoms with Crippen molar-refractivity contribution in [2.24, 2.45) is 0 Å². The molecular weight excluding hydrogens is 384 g/mol. The summed E-state index contributed by atoms with van der Waals surface area (Å²) >= 11 is 12.7. The van der Waals surface area contributed by atoms with Crippen LogP contribution in [0.1, 0.15) is 0 Å². The summed E-state index contributed by atoms with van der Waals surface area (Å²) < 4.78 is 1.05. The zero-order chi connectivity index (χ0) is 17.1. The van der Waals surface area contributed by atoms with Gasteiger partial charge in [0.1, 0.15) is 19.1 Å². The van der Waals surface area contributed by atoms with Gasteiger partial charge in [-0.15, -0.1) is 0 Å². The number of hydrogen-bond donors (Lipinski definition) is 4. The van der Waals surface area contributed by atoms with Gasteiger partial charge in [0.15, 0.2) is 0 Å². The topological polar surface area (TPSA) is 82.3 Å². The van der Waals surface area contributed by atoms with Gasteiger partial charge in [-0.05, 0) is 24.3 Å². The molecule has 2 aliphatic rings. The lowest BCUT2D eigenvalue weighted by Gasteiger charge is -2.12. The lowest BCUT2D eigenvalue weighted by Crippen LogP contribution is -2.29. The van der Waals surface area contributed by atoms with E-state index in [1.165, 1.54) is 23.5 Å². The molecule has 2 saturated heterocycles. The average Bonchev–Trinajstić information content (AvgIpc) is 3.04. The first-order chi connectivity index (χ1) is 11.5. The summed E-state index contributed by atoms with van der Waals surface area (Å²) in [5.41, 5.74) is 1.84. The Labute approximate surface area is 158 Å². The number of thiocarbonyl (C=S) groups is 2. The molecular formula is C14H14N4O2S4. The molecule has 6 nitrogen and oxygen atoms in total. The number of nitrogens with one attached hydrogen (secondary N) is 4. The van der Waals surface area contributed by atoms with Gasteiger partial charge in [0, 0.05) is 24.5 Å². The van der Waals surface area contributed by atoms with Crippen molar-refractivity contribution >= 4 is 79.8 Å². The summed E-state index contributed by atoms with van der Waals surface area (Å²) in [5, 5.41) is 11.3. The average molecular weight is 399 g/mol. The fourth-order valence-electron chi connectivity index (χ4n) is 2.18. The minimum absolute atomic E-state index is 0.0546. The fraction of sp³-hybridized carbons (Fsp3) is 0.286. The molecule has 2 atom stereocenters. The third kappa shape index (κ3) is 4.38. The Bertz CT molecular complexity index is 636. The highest BCUT2D eigenvalue weighted by atomic mass is 32.2. The molecule has 0 radical (unpaired) electrons. The molecule has 0 saturated carbocycles. The van der Waals surface area contributed by atoms with Crippen molar-refractivity contribution in [3.8, 4) is 0 Å². The summed E-state index contributed by atoms with van der Waals surface area (Å²) in [6, 6.07) is 7.69. The second-order valence-corrected chi connectivity index (χ2v) is 8.86. The standard InChI is InChI=1S/C14H14N4O2S4/c19-11-9(23-13(21)17-11)5-15-7-1-2-8(4-3-7)16-6-10-12(20)18-14(22)24-10/h1-4,9-10,15-16H,5-6H2,(H,17,19,21)(H,18,20,22)/t9-,10-/m1/s1. The minimum atomic E-state index is -0.197. The Morgan fingerprint density at radius 3 is 1.50 bits per heavy atom. The predicted molar refractivity (Wildman–Crippen MR) is 108 cm³/mol. The van der Waals surface area contributed by atoms with Crippen LogP contribution in [0.3, 0.4) is 0 Å². The first kappa shape index (κ1) is 17.5. The number of thioether (sulfide) groups is 2. The molecule has 24 heavy (non-hydrogen) atoms. The first-order valence-electron chi connectivity index (χ1n) is 7.12. The molecule has 0 bridgehead atoms. The number of carbonyl (C=O) groups excluding carboxylic acids is 2. The monoisotopic (exact) mass is 398 g/mol. The van der Waals surface area contributed by atoms with E-state index in [4.69, 9.17) is 24.4 Å². The van der Waals surface area contributed by atoms with Crippen LogP contribution in [0.4, 0.5) is 11.4 Å². The zero-order valence-electron chi connectivity index (χ0n) is 12.3. The number of hydrogen-bond acceptors (Lipinski definition) is 8. The number of amides is 2. The third-order valence-corrected chi connectivity index (χ3v) is 6.15. The highest BCUT2D eigenvalue weighted by Crippen LogP contribution is 2.22. The lowest BCUT2D eigenvalue weighted by molar-refractivity contribution is -0.119. The Kier molecular flexibility index (Phi) is 5.59.